The van der Waals surface area contributed by atoms with Gasteiger partial charge >= 0.3 is 0 Å². The Labute approximate surface area is 176 Å². The Morgan fingerprint density at radius 1 is 0.571 bits per heavy atom. The molecule has 3 rings (SSSR count). The Bertz CT molecular complexity index is 448. The minimum absolute atomic E-state index is 0.888. The van der Waals surface area contributed by atoms with Gasteiger partial charge < -0.3 is 0 Å². The summed E-state index contributed by atoms with van der Waals surface area (Å²) in [6.07, 6.45) is 33.4. The molecule has 3 aliphatic rings. The van der Waals surface area contributed by atoms with Crippen LogP contribution in [0.2, 0.25) is 0 Å². The molecule has 0 nitrogen and oxygen atoms in total. The van der Waals surface area contributed by atoms with Crippen LogP contribution in [-0.4, -0.2) is 0 Å². The molecule has 0 aromatic heterocycles. The van der Waals surface area contributed by atoms with Gasteiger partial charge in [-0.1, -0.05) is 57.4 Å². The molecule has 0 saturated heterocycles. The zero-order valence-electron chi connectivity index (χ0n) is 19.1. The molecule has 0 atom stereocenters. The lowest BCUT2D eigenvalue weighted by molar-refractivity contribution is 0.154. The van der Waals surface area contributed by atoms with Gasteiger partial charge in [-0.3, -0.25) is 0 Å². The molecule has 0 aromatic carbocycles. The zero-order valence-corrected chi connectivity index (χ0v) is 19.1. The van der Waals surface area contributed by atoms with Crippen molar-refractivity contribution in [3.63, 3.8) is 0 Å². The van der Waals surface area contributed by atoms with Crippen molar-refractivity contribution in [1.29, 1.82) is 0 Å². The Hall–Kier alpha value is -0.520. The van der Waals surface area contributed by atoms with Gasteiger partial charge in [-0.15, -0.1) is 0 Å². The van der Waals surface area contributed by atoms with Crippen LogP contribution < -0.4 is 0 Å². The van der Waals surface area contributed by atoms with Crippen molar-refractivity contribution in [3.8, 4) is 0 Å². The quantitative estimate of drug-likeness (QED) is 0.366. The highest BCUT2D eigenvalue weighted by atomic mass is 14.3. The zero-order chi connectivity index (χ0) is 19.6. The topological polar surface area (TPSA) is 0 Å². The predicted octanol–water partition coefficient (Wildman–Crippen LogP) is 9.12. The van der Waals surface area contributed by atoms with Crippen LogP contribution in [0.15, 0.2) is 24.3 Å². The third-order valence-corrected chi connectivity index (χ3v) is 8.64. The molecule has 0 N–H and O–H groups in total. The van der Waals surface area contributed by atoms with Crippen LogP contribution in [0.25, 0.3) is 0 Å². The molecule has 0 unspecified atom stereocenters. The molecule has 0 radical (unpaired) electrons. The first kappa shape index (κ1) is 22.2. The molecule has 0 heterocycles. The van der Waals surface area contributed by atoms with Gasteiger partial charge in [0.25, 0.3) is 0 Å². The highest BCUT2D eigenvalue weighted by Gasteiger charge is 2.29. The molecular formula is C28H48. The minimum atomic E-state index is 0.888. The lowest BCUT2D eigenvalue weighted by Gasteiger charge is -2.37. The molecule has 3 aliphatic carbocycles. The number of hydrogen-bond acceptors (Lipinski definition) is 0. The molecule has 0 amide bonds. The van der Waals surface area contributed by atoms with E-state index < -0.39 is 0 Å². The standard InChI is InChI=1S/C28H48/c1-3-5-8-24-11-13-25(14-12-24)9-6-7-10-26-17-21-28(22-18-26)27-19-15-23(4-2)16-20-27/h5,7-8,10,23-28H,3-4,6,9,11-22H2,1-2H3/t23-,24-,25-,26-,27-,28-. The van der Waals surface area contributed by atoms with Crippen molar-refractivity contribution >= 4 is 0 Å². The van der Waals surface area contributed by atoms with E-state index in [9.17, 15) is 0 Å². The fraction of sp³-hybridized carbons (Fsp3) is 0.857. The first-order valence-electron chi connectivity index (χ1n) is 13.1. The summed E-state index contributed by atoms with van der Waals surface area (Å²) in [4.78, 5) is 0. The van der Waals surface area contributed by atoms with E-state index in [1.54, 1.807) is 12.8 Å². The summed E-state index contributed by atoms with van der Waals surface area (Å²) in [5.74, 6) is 6.00. The lowest BCUT2D eigenvalue weighted by Crippen LogP contribution is -2.25. The first-order valence-corrected chi connectivity index (χ1v) is 13.1. The van der Waals surface area contributed by atoms with Gasteiger partial charge in [-0.05, 0) is 119 Å². The van der Waals surface area contributed by atoms with Crippen molar-refractivity contribution in [2.45, 2.75) is 117 Å². The minimum Gasteiger partial charge on any atom is -0.0885 e. The van der Waals surface area contributed by atoms with Crippen LogP contribution in [-0.2, 0) is 0 Å². The molecule has 0 heteroatoms. The van der Waals surface area contributed by atoms with E-state index in [1.165, 1.54) is 89.9 Å². The fourth-order valence-electron chi connectivity index (χ4n) is 6.50. The second kappa shape index (κ2) is 12.2. The van der Waals surface area contributed by atoms with Crippen molar-refractivity contribution in [1.82, 2.24) is 0 Å². The molecule has 0 bridgehead atoms. The van der Waals surface area contributed by atoms with Crippen LogP contribution >= 0.6 is 0 Å². The van der Waals surface area contributed by atoms with Gasteiger partial charge in [0.15, 0.2) is 0 Å². The molecule has 28 heavy (non-hydrogen) atoms. The average molecular weight is 385 g/mol. The summed E-state index contributed by atoms with van der Waals surface area (Å²) in [6, 6.07) is 0. The summed E-state index contributed by atoms with van der Waals surface area (Å²) in [5.41, 5.74) is 0. The highest BCUT2D eigenvalue weighted by molar-refractivity contribution is 4.94. The number of allylic oxidation sites excluding steroid dienone is 4. The molecule has 160 valence electrons. The molecule has 0 aromatic rings. The second-order valence-electron chi connectivity index (χ2n) is 10.5. The smallest absolute Gasteiger partial charge is 0.0233 e. The molecule has 3 fully saturated rings. The Balaban J connectivity index is 1.26. The second-order valence-corrected chi connectivity index (χ2v) is 10.5. The molecular weight excluding hydrogens is 336 g/mol. The average Bonchev–Trinajstić information content (AvgIpc) is 2.76. The summed E-state index contributed by atoms with van der Waals surface area (Å²) in [5, 5.41) is 0. The largest absolute Gasteiger partial charge is 0.0885 e. The van der Waals surface area contributed by atoms with E-state index in [-0.39, 0.29) is 0 Å². The molecule has 0 spiro atoms. The van der Waals surface area contributed by atoms with Crippen LogP contribution in [0, 0.1) is 35.5 Å². The van der Waals surface area contributed by atoms with Gasteiger partial charge in [-0.2, -0.15) is 0 Å². The first-order chi connectivity index (χ1) is 13.8. The maximum Gasteiger partial charge on any atom is -0.0233 e. The van der Waals surface area contributed by atoms with Crippen LogP contribution in [0.5, 0.6) is 0 Å². The van der Waals surface area contributed by atoms with Crippen molar-refractivity contribution < 1.29 is 0 Å². The molecule has 0 aliphatic heterocycles. The number of hydrogen-bond donors (Lipinski definition) is 0. The summed E-state index contributed by atoms with van der Waals surface area (Å²) < 4.78 is 0. The Kier molecular flexibility index (Phi) is 9.69. The van der Waals surface area contributed by atoms with Crippen molar-refractivity contribution in [3.05, 3.63) is 24.3 Å². The van der Waals surface area contributed by atoms with Crippen LogP contribution in [0.4, 0.5) is 0 Å². The summed E-state index contributed by atoms with van der Waals surface area (Å²) >= 11 is 0. The van der Waals surface area contributed by atoms with E-state index >= 15 is 0 Å². The van der Waals surface area contributed by atoms with Crippen molar-refractivity contribution in [2.75, 3.05) is 0 Å². The van der Waals surface area contributed by atoms with E-state index in [2.05, 4.69) is 38.2 Å². The van der Waals surface area contributed by atoms with E-state index in [0.29, 0.717) is 0 Å². The summed E-state index contributed by atoms with van der Waals surface area (Å²) in [6.45, 7) is 4.64. The van der Waals surface area contributed by atoms with Crippen molar-refractivity contribution in [2.24, 2.45) is 35.5 Å². The van der Waals surface area contributed by atoms with Crippen LogP contribution in [0.3, 0.4) is 0 Å². The predicted molar refractivity (Wildman–Crippen MR) is 124 cm³/mol. The van der Waals surface area contributed by atoms with Gasteiger partial charge in [-0.25, -0.2) is 0 Å². The molecule has 3 saturated carbocycles. The third kappa shape index (κ3) is 7.07. The Morgan fingerprint density at radius 3 is 1.64 bits per heavy atom. The van der Waals surface area contributed by atoms with Gasteiger partial charge in [0, 0.05) is 0 Å². The fourth-order valence-corrected chi connectivity index (χ4v) is 6.50. The highest BCUT2D eigenvalue weighted by Crippen LogP contribution is 2.42. The lowest BCUT2D eigenvalue weighted by atomic mass is 9.69. The monoisotopic (exact) mass is 384 g/mol. The summed E-state index contributed by atoms with van der Waals surface area (Å²) in [7, 11) is 0. The normalized spacial score (nSPS) is 37.6. The van der Waals surface area contributed by atoms with Gasteiger partial charge in [0.05, 0.1) is 0 Å². The van der Waals surface area contributed by atoms with Gasteiger partial charge in [0.1, 0.15) is 0 Å². The van der Waals surface area contributed by atoms with Crippen LogP contribution in [0.1, 0.15) is 117 Å². The Morgan fingerprint density at radius 2 is 1.07 bits per heavy atom. The van der Waals surface area contributed by atoms with E-state index in [4.69, 9.17) is 0 Å². The maximum atomic E-state index is 2.61. The third-order valence-electron chi connectivity index (χ3n) is 8.64. The SMILES string of the molecule is CCC=C[C@H]1CC[C@H](CCC=C[C@H]2CC[C@H]([C@H]3CC[C@H](CC)CC3)CC2)CC1. The number of rotatable bonds is 8. The van der Waals surface area contributed by atoms with E-state index in [0.717, 1.165) is 35.5 Å². The van der Waals surface area contributed by atoms with Gasteiger partial charge in [0.2, 0.25) is 0 Å². The van der Waals surface area contributed by atoms with E-state index in [1.807, 2.05) is 0 Å². The maximum absolute atomic E-state index is 2.61.